The summed E-state index contributed by atoms with van der Waals surface area (Å²) in [6, 6.07) is 17.2. The molecule has 22 heavy (non-hydrogen) atoms. The number of rotatable bonds is 5. The number of furan rings is 1. The third kappa shape index (κ3) is 3.02. The Kier molecular flexibility index (Phi) is 4.21. The van der Waals surface area contributed by atoms with Crippen molar-refractivity contribution in [1.29, 1.82) is 0 Å². The molecule has 0 aliphatic carbocycles. The molecule has 1 N–H and O–H groups in total. The predicted octanol–water partition coefficient (Wildman–Crippen LogP) is 3.55. The molecule has 0 spiro atoms. The Morgan fingerprint density at radius 3 is 2.68 bits per heavy atom. The molecular formula is C18H17NO3. The molecule has 0 aliphatic heterocycles. The second-order valence-electron chi connectivity index (χ2n) is 5.01. The van der Waals surface area contributed by atoms with Crippen molar-refractivity contribution in [3.8, 4) is 0 Å². The predicted molar refractivity (Wildman–Crippen MR) is 84.7 cm³/mol. The summed E-state index contributed by atoms with van der Waals surface area (Å²) in [6.07, 6.45) is 1.30. The van der Waals surface area contributed by atoms with Crippen LogP contribution in [0.2, 0.25) is 0 Å². The van der Waals surface area contributed by atoms with Gasteiger partial charge < -0.3 is 14.5 Å². The van der Waals surface area contributed by atoms with Crippen molar-refractivity contribution in [2.45, 2.75) is 6.10 Å². The molecule has 1 unspecified atom stereocenters. The van der Waals surface area contributed by atoms with Gasteiger partial charge in [-0.2, -0.15) is 0 Å². The molecule has 1 heterocycles. The number of ether oxygens (including phenoxy) is 1. The van der Waals surface area contributed by atoms with E-state index in [1.165, 1.54) is 0 Å². The van der Waals surface area contributed by atoms with E-state index in [1.54, 1.807) is 19.4 Å². The molecule has 0 bridgehead atoms. The summed E-state index contributed by atoms with van der Waals surface area (Å²) in [5.74, 6) is 0.570. The fourth-order valence-electron chi connectivity index (χ4n) is 2.39. The van der Waals surface area contributed by atoms with Crippen LogP contribution >= 0.6 is 0 Å². The van der Waals surface area contributed by atoms with Crippen LogP contribution in [-0.2, 0) is 4.74 Å². The molecule has 3 aromatic rings. The molecule has 0 radical (unpaired) electrons. The van der Waals surface area contributed by atoms with Gasteiger partial charge in [-0.3, -0.25) is 4.79 Å². The lowest BCUT2D eigenvalue weighted by Gasteiger charge is -2.14. The molecule has 3 rings (SSSR count). The molecule has 0 aliphatic rings. The van der Waals surface area contributed by atoms with Crippen molar-refractivity contribution in [3.05, 3.63) is 72.2 Å². The van der Waals surface area contributed by atoms with Crippen LogP contribution in [0.25, 0.3) is 10.8 Å². The molecule has 1 aromatic heterocycles. The van der Waals surface area contributed by atoms with E-state index in [1.807, 2.05) is 48.5 Å². The van der Waals surface area contributed by atoms with Gasteiger partial charge in [0.05, 0.1) is 12.8 Å². The highest BCUT2D eigenvalue weighted by atomic mass is 16.5. The zero-order valence-electron chi connectivity index (χ0n) is 12.3. The first-order valence-corrected chi connectivity index (χ1v) is 7.11. The maximum absolute atomic E-state index is 12.3. The van der Waals surface area contributed by atoms with E-state index in [2.05, 4.69) is 5.32 Å². The number of hydrogen-bond acceptors (Lipinski definition) is 3. The van der Waals surface area contributed by atoms with Gasteiger partial charge in [-0.15, -0.1) is 0 Å². The van der Waals surface area contributed by atoms with E-state index in [0.717, 1.165) is 10.8 Å². The fourth-order valence-corrected chi connectivity index (χ4v) is 2.39. The fraction of sp³-hybridized carbons (Fsp3) is 0.167. The van der Waals surface area contributed by atoms with Crippen LogP contribution < -0.4 is 5.32 Å². The van der Waals surface area contributed by atoms with Gasteiger partial charge in [-0.25, -0.2) is 0 Å². The first-order valence-electron chi connectivity index (χ1n) is 7.11. The van der Waals surface area contributed by atoms with Gasteiger partial charge in [0.2, 0.25) is 0 Å². The zero-order valence-corrected chi connectivity index (χ0v) is 12.3. The number of carbonyl (C=O) groups excluding carboxylic acids is 1. The molecule has 1 amide bonds. The summed E-state index contributed by atoms with van der Waals surface area (Å²) in [5.41, 5.74) is 0.632. The van der Waals surface area contributed by atoms with Crippen molar-refractivity contribution in [1.82, 2.24) is 5.32 Å². The minimum atomic E-state index is -0.292. The second kappa shape index (κ2) is 6.45. The second-order valence-corrected chi connectivity index (χ2v) is 5.01. The molecule has 0 saturated heterocycles. The van der Waals surface area contributed by atoms with Gasteiger partial charge in [-0.1, -0.05) is 30.3 Å². The Hall–Kier alpha value is -2.59. The summed E-state index contributed by atoms with van der Waals surface area (Å²) in [6.45, 7) is 0.357. The van der Waals surface area contributed by atoms with Gasteiger partial charge in [0.1, 0.15) is 11.9 Å². The molecule has 2 aromatic carbocycles. The maximum atomic E-state index is 12.3. The first-order chi connectivity index (χ1) is 10.8. The van der Waals surface area contributed by atoms with Crippen LogP contribution in [0, 0.1) is 0 Å². The lowest BCUT2D eigenvalue weighted by atomic mass is 10.1. The van der Waals surface area contributed by atoms with E-state index in [9.17, 15) is 4.79 Å². The van der Waals surface area contributed by atoms with Crippen LogP contribution in [0.4, 0.5) is 0 Å². The van der Waals surface area contributed by atoms with Gasteiger partial charge in [-0.05, 0) is 35.0 Å². The third-order valence-electron chi connectivity index (χ3n) is 3.60. The molecule has 4 heteroatoms. The molecular weight excluding hydrogens is 278 g/mol. The topological polar surface area (TPSA) is 51.5 Å². The van der Waals surface area contributed by atoms with Gasteiger partial charge in [0.15, 0.2) is 0 Å². The van der Waals surface area contributed by atoms with E-state index in [-0.39, 0.29) is 12.0 Å². The summed E-state index contributed by atoms with van der Waals surface area (Å²) in [4.78, 5) is 12.3. The standard InChI is InChI=1S/C18H17NO3/c1-21-17(16-7-4-10-22-16)12-19-18(20)15-9-8-13-5-2-3-6-14(13)11-15/h2-11,17H,12H2,1H3,(H,19,20). The van der Waals surface area contributed by atoms with Crippen molar-refractivity contribution < 1.29 is 13.9 Å². The summed E-state index contributed by atoms with van der Waals surface area (Å²) in [7, 11) is 1.59. The Balaban J connectivity index is 1.70. The monoisotopic (exact) mass is 295 g/mol. The molecule has 4 nitrogen and oxygen atoms in total. The minimum absolute atomic E-state index is 0.126. The van der Waals surface area contributed by atoms with E-state index in [0.29, 0.717) is 17.9 Å². The zero-order chi connectivity index (χ0) is 15.4. The Morgan fingerprint density at radius 2 is 1.95 bits per heavy atom. The van der Waals surface area contributed by atoms with Crippen molar-refractivity contribution in [2.75, 3.05) is 13.7 Å². The van der Waals surface area contributed by atoms with Crippen molar-refractivity contribution in [3.63, 3.8) is 0 Å². The van der Waals surface area contributed by atoms with Crippen LogP contribution in [-0.4, -0.2) is 19.6 Å². The number of methoxy groups -OCH3 is 1. The third-order valence-corrected chi connectivity index (χ3v) is 3.60. The highest BCUT2D eigenvalue weighted by Crippen LogP contribution is 2.17. The largest absolute Gasteiger partial charge is 0.467 e. The summed E-state index contributed by atoms with van der Waals surface area (Å²) >= 11 is 0. The number of hydrogen-bond donors (Lipinski definition) is 1. The van der Waals surface area contributed by atoms with E-state index >= 15 is 0 Å². The number of nitrogens with one attached hydrogen (secondary N) is 1. The highest BCUT2D eigenvalue weighted by molar-refractivity contribution is 5.98. The average Bonchev–Trinajstić information content (AvgIpc) is 3.09. The Labute approximate surface area is 128 Å². The minimum Gasteiger partial charge on any atom is -0.467 e. The molecule has 112 valence electrons. The lowest BCUT2D eigenvalue weighted by molar-refractivity contribution is 0.0738. The average molecular weight is 295 g/mol. The molecule has 0 saturated carbocycles. The first kappa shape index (κ1) is 14.4. The van der Waals surface area contributed by atoms with Crippen LogP contribution in [0.5, 0.6) is 0 Å². The molecule has 1 atom stereocenters. The normalized spacial score (nSPS) is 12.2. The van der Waals surface area contributed by atoms with E-state index in [4.69, 9.17) is 9.15 Å². The Bertz CT molecular complexity index is 765. The van der Waals surface area contributed by atoms with Crippen LogP contribution in [0.1, 0.15) is 22.2 Å². The number of benzene rings is 2. The van der Waals surface area contributed by atoms with E-state index < -0.39 is 0 Å². The number of fused-ring (bicyclic) bond motifs is 1. The van der Waals surface area contributed by atoms with Crippen molar-refractivity contribution in [2.24, 2.45) is 0 Å². The van der Waals surface area contributed by atoms with Crippen molar-refractivity contribution >= 4 is 16.7 Å². The smallest absolute Gasteiger partial charge is 0.251 e. The van der Waals surface area contributed by atoms with Gasteiger partial charge in [0.25, 0.3) is 5.91 Å². The lowest BCUT2D eigenvalue weighted by Crippen LogP contribution is -2.28. The maximum Gasteiger partial charge on any atom is 0.251 e. The van der Waals surface area contributed by atoms with Crippen LogP contribution in [0.15, 0.2) is 65.3 Å². The van der Waals surface area contributed by atoms with Crippen LogP contribution in [0.3, 0.4) is 0 Å². The van der Waals surface area contributed by atoms with Gasteiger partial charge >= 0.3 is 0 Å². The highest BCUT2D eigenvalue weighted by Gasteiger charge is 2.15. The quantitative estimate of drug-likeness (QED) is 0.783. The number of amides is 1. The molecule has 0 fully saturated rings. The SMILES string of the molecule is COC(CNC(=O)c1ccc2ccccc2c1)c1ccco1. The summed E-state index contributed by atoms with van der Waals surface area (Å²) < 4.78 is 10.6. The number of carbonyl (C=O) groups is 1. The summed E-state index contributed by atoms with van der Waals surface area (Å²) in [5, 5.41) is 5.04. The van der Waals surface area contributed by atoms with Gasteiger partial charge in [0, 0.05) is 12.7 Å². The Morgan fingerprint density at radius 1 is 1.14 bits per heavy atom.